The Bertz CT molecular complexity index is 1400. The van der Waals surface area contributed by atoms with E-state index < -0.39 is 40.7 Å². The molecular weight excluding hydrogens is 551 g/mol. The summed E-state index contributed by atoms with van der Waals surface area (Å²) in [4.78, 5) is 13.1. The van der Waals surface area contributed by atoms with Crippen molar-refractivity contribution >= 4 is 39.3 Å². The molecule has 0 bridgehead atoms. The van der Waals surface area contributed by atoms with Gasteiger partial charge < -0.3 is 9.47 Å². The molecule has 1 heterocycles. The molecule has 5 nitrogen and oxygen atoms in total. The van der Waals surface area contributed by atoms with Crippen LogP contribution in [0.5, 0.6) is 11.5 Å². The first-order valence-corrected chi connectivity index (χ1v) is 11.1. The lowest BCUT2D eigenvalue weighted by Gasteiger charge is -2.16. The Kier molecular flexibility index (Phi) is 7.11. The number of amides is 1. The number of anilines is 1. The molecule has 4 rings (SSSR count). The standard InChI is InChI=1S/C25H16BrF5N2O3/c1-12-16(25(34)33(32-12)23-21(30)19(28)18(27)20(29)22(23)31)9-14-8-15(26)10-17(35-2)24(14)36-11-13-6-4-3-5-7-13/h3-10H,11H2,1-2H3/b16-9-. The molecule has 0 aromatic heterocycles. The van der Waals surface area contributed by atoms with Gasteiger partial charge in [0, 0.05) is 10.0 Å². The molecule has 1 aliphatic rings. The monoisotopic (exact) mass is 566 g/mol. The van der Waals surface area contributed by atoms with Crippen molar-refractivity contribution in [3.63, 3.8) is 0 Å². The predicted octanol–water partition coefficient (Wildman–Crippen LogP) is 6.54. The van der Waals surface area contributed by atoms with E-state index >= 15 is 0 Å². The Labute approximate surface area is 210 Å². The second-order valence-electron chi connectivity index (χ2n) is 7.58. The Balaban J connectivity index is 1.76. The average molecular weight is 567 g/mol. The first-order valence-electron chi connectivity index (χ1n) is 10.3. The van der Waals surface area contributed by atoms with Gasteiger partial charge in [-0.25, -0.2) is 22.0 Å². The fraction of sp³-hybridized carbons (Fsp3) is 0.120. The van der Waals surface area contributed by atoms with Gasteiger partial charge in [-0.15, -0.1) is 0 Å². The van der Waals surface area contributed by atoms with E-state index in [1.807, 2.05) is 30.3 Å². The molecule has 0 aliphatic carbocycles. The quantitative estimate of drug-likeness (QED) is 0.147. The van der Waals surface area contributed by atoms with Crippen molar-refractivity contribution in [3.05, 3.63) is 92.7 Å². The van der Waals surface area contributed by atoms with Gasteiger partial charge in [-0.3, -0.25) is 4.79 Å². The summed E-state index contributed by atoms with van der Waals surface area (Å²) in [5.41, 5.74) is -0.436. The third-order valence-electron chi connectivity index (χ3n) is 5.26. The van der Waals surface area contributed by atoms with Crippen molar-refractivity contribution in [1.29, 1.82) is 0 Å². The Hall–Kier alpha value is -3.73. The van der Waals surface area contributed by atoms with E-state index in [9.17, 15) is 26.7 Å². The average Bonchev–Trinajstić information content (AvgIpc) is 3.14. The topological polar surface area (TPSA) is 51.1 Å². The number of carbonyl (C=O) groups excluding carboxylic acids is 1. The second-order valence-corrected chi connectivity index (χ2v) is 8.50. The largest absolute Gasteiger partial charge is 0.493 e. The second kappa shape index (κ2) is 10.1. The van der Waals surface area contributed by atoms with Crippen LogP contribution < -0.4 is 14.5 Å². The molecule has 36 heavy (non-hydrogen) atoms. The van der Waals surface area contributed by atoms with E-state index in [4.69, 9.17) is 9.47 Å². The first kappa shape index (κ1) is 25.4. The SMILES string of the molecule is COc1cc(Br)cc(/C=C2\C(=O)N(c3c(F)c(F)c(F)c(F)c3F)N=C2C)c1OCc1ccccc1. The third kappa shape index (κ3) is 4.58. The highest BCUT2D eigenvalue weighted by molar-refractivity contribution is 9.10. The van der Waals surface area contributed by atoms with Gasteiger partial charge in [-0.2, -0.15) is 10.1 Å². The molecule has 3 aromatic carbocycles. The van der Waals surface area contributed by atoms with Crippen LogP contribution in [0.15, 0.2) is 57.6 Å². The number of hydrogen-bond donors (Lipinski definition) is 0. The first-order chi connectivity index (χ1) is 17.1. The molecule has 1 amide bonds. The van der Waals surface area contributed by atoms with Crippen molar-refractivity contribution in [2.45, 2.75) is 13.5 Å². The molecule has 0 spiro atoms. The van der Waals surface area contributed by atoms with Gasteiger partial charge in [0.15, 0.2) is 34.8 Å². The summed E-state index contributed by atoms with van der Waals surface area (Å²) in [6, 6.07) is 12.5. The van der Waals surface area contributed by atoms with E-state index in [1.165, 1.54) is 20.1 Å². The lowest BCUT2D eigenvalue weighted by atomic mass is 10.1. The fourth-order valence-electron chi connectivity index (χ4n) is 3.50. The zero-order chi connectivity index (χ0) is 26.1. The maximum atomic E-state index is 14.3. The molecule has 0 atom stereocenters. The number of carbonyl (C=O) groups is 1. The normalized spacial score (nSPS) is 14.4. The van der Waals surface area contributed by atoms with Crippen LogP contribution >= 0.6 is 15.9 Å². The molecule has 1 aliphatic heterocycles. The fourth-order valence-corrected chi connectivity index (χ4v) is 3.96. The van der Waals surface area contributed by atoms with Crippen LogP contribution in [0.3, 0.4) is 0 Å². The zero-order valence-electron chi connectivity index (χ0n) is 18.7. The van der Waals surface area contributed by atoms with Crippen molar-refractivity contribution in [3.8, 4) is 11.5 Å². The van der Waals surface area contributed by atoms with Gasteiger partial charge in [0.25, 0.3) is 5.91 Å². The number of benzene rings is 3. The number of methoxy groups -OCH3 is 1. The highest BCUT2D eigenvalue weighted by Gasteiger charge is 2.37. The summed E-state index contributed by atoms with van der Waals surface area (Å²) in [6.45, 7) is 1.52. The number of rotatable bonds is 6. The van der Waals surface area contributed by atoms with Crippen LogP contribution in [0, 0.1) is 29.1 Å². The molecule has 0 saturated heterocycles. The maximum Gasteiger partial charge on any atom is 0.280 e. The highest BCUT2D eigenvalue weighted by Crippen LogP contribution is 2.39. The van der Waals surface area contributed by atoms with E-state index in [0.717, 1.165) is 5.56 Å². The minimum Gasteiger partial charge on any atom is -0.493 e. The lowest BCUT2D eigenvalue weighted by molar-refractivity contribution is -0.114. The van der Waals surface area contributed by atoms with E-state index in [-0.39, 0.29) is 28.7 Å². The highest BCUT2D eigenvalue weighted by atomic mass is 79.9. The van der Waals surface area contributed by atoms with Gasteiger partial charge in [0.1, 0.15) is 12.3 Å². The lowest BCUT2D eigenvalue weighted by Crippen LogP contribution is -2.25. The molecule has 0 N–H and O–H groups in total. The Morgan fingerprint density at radius 1 is 0.972 bits per heavy atom. The molecular formula is C25H16BrF5N2O3. The van der Waals surface area contributed by atoms with Crippen LogP contribution in [0.2, 0.25) is 0 Å². The van der Waals surface area contributed by atoms with Gasteiger partial charge in [0.05, 0.1) is 18.4 Å². The van der Waals surface area contributed by atoms with E-state index in [2.05, 4.69) is 21.0 Å². The summed E-state index contributed by atoms with van der Waals surface area (Å²) < 4.78 is 81.5. The van der Waals surface area contributed by atoms with Crippen LogP contribution in [-0.4, -0.2) is 18.7 Å². The maximum absolute atomic E-state index is 14.3. The number of hydrogen-bond acceptors (Lipinski definition) is 4. The molecule has 186 valence electrons. The van der Waals surface area contributed by atoms with Gasteiger partial charge >= 0.3 is 0 Å². The molecule has 11 heteroatoms. The Morgan fingerprint density at radius 3 is 2.19 bits per heavy atom. The summed E-state index contributed by atoms with van der Waals surface area (Å²) in [5, 5.41) is 3.90. The van der Waals surface area contributed by atoms with Crippen LogP contribution in [0.4, 0.5) is 27.6 Å². The number of halogens is 6. The van der Waals surface area contributed by atoms with Crippen LogP contribution in [-0.2, 0) is 11.4 Å². The van der Waals surface area contributed by atoms with Gasteiger partial charge in [0.2, 0.25) is 5.82 Å². The summed E-state index contributed by atoms with van der Waals surface area (Å²) >= 11 is 3.35. The van der Waals surface area contributed by atoms with E-state index in [1.54, 1.807) is 12.1 Å². The van der Waals surface area contributed by atoms with Crippen molar-refractivity contribution < 1.29 is 36.2 Å². The van der Waals surface area contributed by atoms with Crippen molar-refractivity contribution in [1.82, 2.24) is 0 Å². The molecule has 3 aromatic rings. The molecule has 0 saturated carbocycles. The van der Waals surface area contributed by atoms with Gasteiger partial charge in [-0.05, 0) is 30.7 Å². The van der Waals surface area contributed by atoms with Crippen LogP contribution in [0.1, 0.15) is 18.1 Å². The minimum absolute atomic E-state index is 0.0168. The number of ether oxygens (including phenoxy) is 2. The third-order valence-corrected chi connectivity index (χ3v) is 5.71. The number of nitrogens with zero attached hydrogens (tertiary/aromatic N) is 2. The molecule has 0 fully saturated rings. The smallest absolute Gasteiger partial charge is 0.280 e. The summed E-state index contributed by atoms with van der Waals surface area (Å²) in [7, 11) is 1.42. The minimum atomic E-state index is -2.33. The molecule has 0 unspecified atom stereocenters. The molecule has 0 radical (unpaired) electrons. The van der Waals surface area contributed by atoms with Gasteiger partial charge in [-0.1, -0.05) is 46.3 Å². The number of hydrazone groups is 1. The zero-order valence-corrected chi connectivity index (χ0v) is 20.3. The van der Waals surface area contributed by atoms with E-state index in [0.29, 0.717) is 15.8 Å². The van der Waals surface area contributed by atoms with Crippen LogP contribution in [0.25, 0.3) is 6.08 Å². The van der Waals surface area contributed by atoms with Crippen molar-refractivity contribution in [2.75, 3.05) is 12.1 Å². The summed E-state index contributed by atoms with van der Waals surface area (Å²) in [5.74, 6) is -11.6. The summed E-state index contributed by atoms with van der Waals surface area (Å²) in [6.07, 6.45) is 1.33. The van der Waals surface area contributed by atoms with Crippen molar-refractivity contribution in [2.24, 2.45) is 5.10 Å². The predicted molar refractivity (Wildman–Crippen MR) is 126 cm³/mol. The Morgan fingerprint density at radius 2 is 1.58 bits per heavy atom.